The highest BCUT2D eigenvalue weighted by molar-refractivity contribution is 5.90. The minimum Gasteiger partial charge on any atom is -0.475 e. The lowest BCUT2D eigenvalue weighted by atomic mass is 10.2. The molecule has 2 heterocycles. The lowest BCUT2D eigenvalue weighted by molar-refractivity contribution is -0.116. The maximum atomic E-state index is 12.1. The maximum absolute atomic E-state index is 12.1. The van der Waals surface area contributed by atoms with Gasteiger partial charge in [-0.25, -0.2) is 4.98 Å². The number of pyridine rings is 1. The Hall–Kier alpha value is -3.26. The predicted molar refractivity (Wildman–Crippen MR) is 103 cm³/mol. The molecular formula is C20H22N4O4. The van der Waals surface area contributed by atoms with Crippen molar-refractivity contribution in [3.63, 3.8) is 0 Å². The summed E-state index contributed by atoms with van der Waals surface area (Å²) in [6, 6.07) is 13.0. The van der Waals surface area contributed by atoms with E-state index in [2.05, 4.69) is 20.5 Å². The average Bonchev–Trinajstić information content (AvgIpc) is 3.19. The third-order valence-electron chi connectivity index (χ3n) is 3.84. The van der Waals surface area contributed by atoms with Gasteiger partial charge < -0.3 is 19.2 Å². The number of nitrogens with zero attached hydrogens (tertiary/aromatic N) is 3. The number of ether oxygens (including phenoxy) is 2. The van der Waals surface area contributed by atoms with Gasteiger partial charge >= 0.3 is 0 Å². The van der Waals surface area contributed by atoms with E-state index in [1.807, 2.05) is 30.3 Å². The van der Waals surface area contributed by atoms with E-state index in [1.165, 1.54) is 0 Å². The topological polar surface area (TPSA) is 99.4 Å². The minimum atomic E-state index is -0.0994. The zero-order valence-corrected chi connectivity index (χ0v) is 15.6. The van der Waals surface area contributed by atoms with Gasteiger partial charge in [0.25, 0.3) is 0 Å². The van der Waals surface area contributed by atoms with Crippen LogP contribution in [0.1, 0.15) is 18.7 Å². The highest BCUT2D eigenvalue weighted by Crippen LogP contribution is 2.18. The molecule has 1 N–H and O–H groups in total. The molecule has 1 aromatic carbocycles. The second-order valence-corrected chi connectivity index (χ2v) is 6.00. The van der Waals surface area contributed by atoms with E-state index in [0.717, 1.165) is 5.56 Å². The van der Waals surface area contributed by atoms with Gasteiger partial charge in [-0.2, -0.15) is 0 Å². The van der Waals surface area contributed by atoms with Crippen LogP contribution in [0.25, 0.3) is 11.5 Å². The Morgan fingerprint density at radius 2 is 1.96 bits per heavy atom. The van der Waals surface area contributed by atoms with E-state index in [4.69, 9.17) is 13.9 Å². The van der Waals surface area contributed by atoms with Gasteiger partial charge in [0.2, 0.25) is 23.6 Å². The van der Waals surface area contributed by atoms with Crippen molar-refractivity contribution < 1.29 is 18.7 Å². The molecular weight excluding hydrogens is 360 g/mol. The molecule has 0 radical (unpaired) electrons. The maximum Gasteiger partial charge on any atom is 0.247 e. The van der Waals surface area contributed by atoms with Gasteiger partial charge in [-0.3, -0.25) is 4.79 Å². The number of aryl methyl sites for hydroxylation is 1. The summed E-state index contributed by atoms with van der Waals surface area (Å²) < 4.78 is 15.9. The van der Waals surface area contributed by atoms with Crippen molar-refractivity contribution in [1.82, 2.24) is 15.2 Å². The first kappa shape index (κ1) is 19.5. The van der Waals surface area contributed by atoms with E-state index in [9.17, 15) is 4.79 Å². The molecule has 0 unspecified atom stereocenters. The second-order valence-electron chi connectivity index (χ2n) is 6.00. The first-order chi connectivity index (χ1) is 13.7. The fourth-order valence-corrected chi connectivity index (χ4v) is 2.44. The zero-order valence-electron chi connectivity index (χ0n) is 15.6. The molecule has 3 rings (SSSR count). The van der Waals surface area contributed by atoms with Crippen LogP contribution in [-0.2, 0) is 16.0 Å². The first-order valence-electron chi connectivity index (χ1n) is 9.00. The number of rotatable bonds is 10. The van der Waals surface area contributed by atoms with Gasteiger partial charge in [0.05, 0.1) is 18.5 Å². The van der Waals surface area contributed by atoms with E-state index >= 15 is 0 Å². The number of methoxy groups -OCH3 is 1. The SMILES string of the molecule is COCCOc1ccc(NC(=O)CCCc2nnc(-c3ccccc3)o2)cn1. The van der Waals surface area contributed by atoms with Crippen molar-refractivity contribution in [2.75, 3.05) is 25.6 Å². The Labute approximate surface area is 162 Å². The van der Waals surface area contributed by atoms with E-state index < -0.39 is 0 Å². The molecule has 146 valence electrons. The van der Waals surface area contributed by atoms with Crippen LogP contribution in [0, 0.1) is 0 Å². The Kier molecular flexibility index (Phi) is 7.08. The molecule has 1 amide bonds. The quantitative estimate of drug-likeness (QED) is 0.538. The van der Waals surface area contributed by atoms with Crippen LogP contribution in [-0.4, -0.2) is 41.4 Å². The molecule has 0 spiro atoms. The van der Waals surface area contributed by atoms with Crippen LogP contribution in [0.4, 0.5) is 5.69 Å². The molecule has 0 atom stereocenters. The molecule has 0 saturated heterocycles. The summed E-state index contributed by atoms with van der Waals surface area (Å²) in [5, 5.41) is 10.9. The van der Waals surface area contributed by atoms with Crippen molar-refractivity contribution in [1.29, 1.82) is 0 Å². The van der Waals surface area contributed by atoms with Crippen LogP contribution in [0.3, 0.4) is 0 Å². The predicted octanol–water partition coefficient (Wildman–Crippen LogP) is 3.12. The highest BCUT2D eigenvalue weighted by atomic mass is 16.5. The fraction of sp³-hybridized carbons (Fsp3) is 0.300. The lowest BCUT2D eigenvalue weighted by Gasteiger charge is -2.07. The molecule has 2 aromatic heterocycles. The summed E-state index contributed by atoms with van der Waals surface area (Å²) in [5.74, 6) is 1.39. The molecule has 28 heavy (non-hydrogen) atoms. The number of hydrogen-bond acceptors (Lipinski definition) is 7. The smallest absolute Gasteiger partial charge is 0.247 e. The number of amides is 1. The third-order valence-corrected chi connectivity index (χ3v) is 3.84. The molecule has 8 heteroatoms. The minimum absolute atomic E-state index is 0.0994. The largest absolute Gasteiger partial charge is 0.475 e. The van der Waals surface area contributed by atoms with Crippen molar-refractivity contribution in [3.8, 4) is 17.3 Å². The standard InChI is InChI=1S/C20H22N4O4/c1-26-12-13-27-18-11-10-16(14-21-18)22-17(25)8-5-9-19-23-24-20(28-19)15-6-3-2-4-7-15/h2-4,6-7,10-11,14H,5,8-9,12-13H2,1H3,(H,22,25). The van der Waals surface area contributed by atoms with Gasteiger partial charge in [-0.15, -0.1) is 10.2 Å². The summed E-state index contributed by atoms with van der Waals surface area (Å²) >= 11 is 0. The summed E-state index contributed by atoms with van der Waals surface area (Å²) in [6.07, 6.45) is 3.05. The number of benzene rings is 1. The van der Waals surface area contributed by atoms with Crippen molar-refractivity contribution in [2.24, 2.45) is 0 Å². The monoisotopic (exact) mass is 382 g/mol. The molecule has 0 saturated carbocycles. The van der Waals surface area contributed by atoms with Crippen molar-refractivity contribution in [2.45, 2.75) is 19.3 Å². The third kappa shape index (κ3) is 5.88. The van der Waals surface area contributed by atoms with E-state index in [1.54, 1.807) is 25.4 Å². The van der Waals surface area contributed by atoms with Gasteiger partial charge in [0, 0.05) is 31.6 Å². The van der Waals surface area contributed by atoms with Crippen LogP contribution < -0.4 is 10.1 Å². The van der Waals surface area contributed by atoms with E-state index in [-0.39, 0.29) is 5.91 Å². The Balaban J connectivity index is 1.40. The number of nitrogens with one attached hydrogen (secondary N) is 1. The normalized spacial score (nSPS) is 10.6. The van der Waals surface area contributed by atoms with Gasteiger partial charge in [0.15, 0.2) is 0 Å². The number of carbonyl (C=O) groups is 1. The summed E-state index contributed by atoms with van der Waals surface area (Å²) in [7, 11) is 1.61. The number of carbonyl (C=O) groups excluding carboxylic acids is 1. The summed E-state index contributed by atoms with van der Waals surface area (Å²) in [4.78, 5) is 16.2. The molecule has 0 aliphatic heterocycles. The first-order valence-corrected chi connectivity index (χ1v) is 9.00. The molecule has 8 nitrogen and oxygen atoms in total. The number of aromatic nitrogens is 3. The molecule has 0 aliphatic carbocycles. The molecule has 0 bridgehead atoms. The van der Waals surface area contributed by atoms with Crippen LogP contribution >= 0.6 is 0 Å². The lowest BCUT2D eigenvalue weighted by Crippen LogP contribution is -2.12. The van der Waals surface area contributed by atoms with Crippen LogP contribution in [0.2, 0.25) is 0 Å². The van der Waals surface area contributed by atoms with Gasteiger partial charge in [0.1, 0.15) is 6.61 Å². The van der Waals surface area contributed by atoms with Crippen LogP contribution in [0.5, 0.6) is 5.88 Å². The Morgan fingerprint density at radius 3 is 2.71 bits per heavy atom. The number of hydrogen-bond donors (Lipinski definition) is 1. The zero-order chi connectivity index (χ0) is 19.6. The Bertz CT molecular complexity index is 865. The van der Waals surface area contributed by atoms with Crippen LogP contribution in [0.15, 0.2) is 53.1 Å². The van der Waals surface area contributed by atoms with Gasteiger partial charge in [-0.05, 0) is 24.6 Å². The fourth-order valence-electron chi connectivity index (χ4n) is 2.44. The average molecular weight is 382 g/mol. The molecule has 0 fully saturated rings. The highest BCUT2D eigenvalue weighted by Gasteiger charge is 2.09. The second kappa shape index (κ2) is 10.2. The van der Waals surface area contributed by atoms with Gasteiger partial charge in [-0.1, -0.05) is 18.2 Å². The Morgan fingerprint density at radius 1 is 1.11 bits per heavy atom. The van der Waals surface area contributed by atoms with Crippen molar-refractivity contribution >= 4 is 11.6 Å². The van der Waals surface area contributed by atoms with E-state index in [0.29, 0.717) is 55.8 Å². The molecule has 3 aromatic rings. The molecule has 0 aliphatic rings. The summed E-state index contributed by atoms with van der Waals surface area (Å²) in [6.45, 7) is 0.921. The summed E-state index contributed by atoms with van der Waals surface area (Å²) in [5.41, 5.74) is 1.49. The number of anilines is 1. The van der Waals surface area contributed by atoms with Crippen molar-refractivity contribution in [3.05, 3.63) is 54.6 Å².